The molecule has 1 aliphatic rings. The number of anilines is 1. The van der Waals surface area contributed by atoms with Crippen molar-refractivity contribution < 1.29 is 9.90 Å². The number of nitrogen functional groups attached to an aromatic ring is 1. The van der Waals surface area contributed by atoms with Crippen LogP contribution >= 0.6 is 0 Å². The molecule has 2 heterocycles. The van der Waals surface area contributed by atoms with E-state index in [2.05, 4.69) is 4.98 Å². The number of nitrogens with zero attached hydrogens (tertiary/aromatic N) is 1. The number of aromatic nitrogens is 1. The summed E-state index contributed by atoms with van der Waals surface area (Å²) >= 11 is 0. The van der Waals surface area contributed by atoms with Crippen LogP contribution in [0.2, 0.25) is 0 Å². The Kier molecular flexibility index (Phi) is 2.94. The van der Waals surface area contributed by atoms with E-state index in [0.717, 1.165) is 23.7 Å². The van der Waals surface area contributed by atoms with E-state index in [0.29, 0.717) is 24.3 Å². The molecule has 0 saturated carbocycles. The molecule has 4 N–H and O–H groups in total. The van der Waals surface area contributed by atoms with Gasteiger partial charge in [-0.2, -0.15) is 0 Å². The smallest absolute Gasteiger partial charge is 0.256 e. The Hall–Kier alpha value is -2.01. The summed E-state index contributed by atoms with van der Waals surface area (Å²) in [5.41, 5.74) is 7.23. The molecule has 0 radical (unpaired) electrons. The summed E-state index contributed by atoms with van der Waals surface area (Å²) in [7, 11) is 0. The number of aliphatic hydroxyl groups is 1. The third-order valence-corrected chi connectivity index (χ3v) is 3.91. The zero-order valence-electron chi connectivity index (χ0n) is 11.5. The first-order valence-corrected chi connectivity index (χ1v) is 6.91. The normalized spacial score (nSPS) is 17.2. The predicted molar refractivity (Wildman–Crippen MR) is 78.5 cm³/mol. The van der Waals surface area contributed by atoms with Crippen LogP contribution in [-0.2, 0) is 0 Å². The van der Waals surface area contributed by atoms with Crippen molar-refractivity contribution >= 4 is 22.5 Å². The van der Waals surface area contributed by atoms with E-state index in [4.69, 9.17) is 5.73 Å². The van der Waals surface area contributed by atoms with Crippen LogP contribution in [0.3, 0.4) is 0 Å². The minimum atomic E-state index is -0.699. The van der Waals surface area contributed by atoms with Crippen LogP contribution in [0.25, 0.3) is 10.9 Å². The molecule has 106 valence electrons. The van der Waals surface area contributed by atoms with Gasteiger partial charge in [-0.1, -0.05) is 13.3 Å². The average molecular weight is 273 g/mol. The number of amides is 1. The zero-order chi connectivity index (χ0) is 14.3. The summed E-state index contributed by atoms with van der Waals surface area (Å²) in [5.74, 6) is -0.0531. The van der Waals surface area contributed by atoms with E-state index in [1.807, 2.05) is 13.0 Å². The van der Waals surface area contributed by atoms with Gasteiger partial charge in [0.15, 0.2) is 0 Å². The Bertz CT molecular complexity index is 656. The topological polar surface area (TPSA) is 82.3 Å². The molecule has 0 unspecified atom stereocenters. The molecule has 0 aliphatic carbocycles. The van der Waals surface area contributed by atoms with Gasteiger partial charge in [0.05, 0.1) is 24.3 Å². The first kappa shape index (κ1) is 13.0. The molecule has 0 spiro atoms. The van der Waals surface area contributed by atoms with E-state index < -0.39 is 5.60 Å². The lowest BCUT2D eigenvalue weighted by atomic mass is 9.88. The van der Waals surface area contributed by atoms with Gasteiger partial charge < -0.3 is 20.7 Å². The van der Waals surface area contributed by atoms with Gasteiger partial charge in [-0.25, -0.2) is 0 Å². The molecule has 1 saturated heterocycles. The number of likely N-dealkylation sites (tertiary alicyclic amines) is 1. The number of rotatable bonds is 3. The molecule has 1 amide bonds. The quantitative estimate of drug-likeness (QED) is 0.745. The Balaban J connectivity index is 1.82. The van der Waals surface area contributed by atoms with Gasteiger partial charge in [0.25, 0.3) is 5.91 Å². The SMILES string of the molecule is CCCC1(O)CN(C(=O)c2c[nH]c3ccc(N)cc23)C1. The Morgan fingerprint density at radius 2 is 2.25 bits per heavy atom. The lowest BCUT2D eigenvalue weighted by Crippen LogP contribution is -2.63. The summed E-state index contributed by atoms with van der Waals surface area (Å²) in [5, 5.41) is 11.0. The third kappa shape index (κ3) is 2.04. The van der Waals surface area contributed by atoms with Gasteiger partial charge in [0, 0.05) is 22.8 Å². The number of aromatic amines is 1. The van der Waals surface area contributed by atoms with Crippen LogP contribution in [-0.4, -0.2) is 39.6 Å². The minimum Gasteiger partial charge on any atom is -0.399 e. The van der Waals surface area contributed by atoms with Crippen molar-refractivity contribution in [3.05, 3.63) is 30.0 Å². The molecule has 20 heavy (non-hydrogen) atoms. The second kappa shape index (κ2) is 4.52. The van der Waals surface area contributed by atoms with Crippen molar-refractivity contribution in [2.24, 2.45) is 0 Å². The number of hydrogen-bond donors (Lipinski definition) is 3. The Labute approximate surface area is 117 Å². The summed E-state index contributed by atoms with van der Waals surface area (Å²) in [6.45, 7) is 2.86. The summed E-state index contributed by atoms with van der Waals surface area (Å²) < 4.78 is 0. The molecule has 1 aromatic heterocycles. The van der Waals surface area contributed by atoms with Crippen molar-refractivity contribution in [1.29, 1.82) is 0 Å². The third-order valence-electron chi connectivity index (χ3n) is 3.91. The number of fused-ring (bicyclic) bond motifs is 1. The lowest BCUT2D eigenvalue weighted by molar-refractivity contribution is -0.0859. The van der Waals surface area contributed by atoms with E-state index in [9.17, 15) is 9.90 Å². The van der Waals surface area contributed by atoms with Gasteiger partial charge in [-0.05, 0) is 24.6 Å². The number of nitrogens with two attached hydrogens (primary N) is 1. The van der Waals surface area contributed by atoms with Crippen LogP contribution in [0.15, 0.2) is 24.4 Å². The maximum Gasteiger partial charge on any atom is 0.256 e. The molecule has 2 aromatic rings. The zero-order valence-corrected chi connectivity index (χ0v) is 11.5. The highest BCUT2D eigenvalue weighted by Gasteiger charge is 2.43. The second-order valence-corrected chi connectivity index (χ2v) is 5.64. The van der Waals surface area contributed by atoms with E-state index in [1.54, 1.807) is 23.2 Å². The molecule has 1 fully saturated rings. The highest BCUT2D eigenvalue weighted by atomic mass is 16.3. The molecule has 0 bridgehead atoms. The Morgan fingerprint density at radius 3 is 2.95 bits per heavy atom. The molecular formula is C15H19N3O2. The minimum absolute atomic E-state index is 0.0531. The van der Waals surface area contributed by atoms with Crippen molar-refractivity contribution in [2.75, 3.05) is 18.8 Å². The molecule has 3 rings (SSSR count). The van der Waals surface area contributed by atoms with Crippen molar-refractivity contribution in [3.63, 3.8) is 0 Å². The highest BCUT2D eigenvalue weighted by Crippen LogP contribution is 2.29. The standard InChI is InChI=1S/C15H19N3O2/c1-2-5-15(20)8-18(9-15)14(19)12-7-17-13-4-3-10(16)6-11(12)13/h3-4,6-7,17,20H,2,5,8-9,16H2,1H3. The van der Waals surface area contributed by atoms with E-state index in [-0.39, 0.29) is 5.91 Å². The van der Waals surface area contributed by atoms with Crippen molar-refractivity contribution in [3.8, 4) is 0 Å². The van der Waals surface area contributed by atoms with E-state index in [1.165, 1.54) is 0 Å². The fourth-order valence-electron chi connectivity index (χ4n) is 2.92. The first-order valence-electron chi connectivity index (χ1n) is 6.91. The maximum atomic E-state index is 12.5. The number of benzene rings is 1. The second-order valence-electron chi connectivity index (χ2n) is 5.64. The van der Waals surface area contributed by atoms with Gasteiger partial charge in [-0.3, -0.25) is 4.79 Å². The number of β-amino-alcohol motifs (C(OH)–C–C–N with tert-alkyl or cyclic N) is 1. The summed E-state index contributed by atoms with van der Waals surface area (Å²) in [6.07, 6.45) is 3.36. The molecular weight excluding hydrogens is 254 g/mol. The van der Waals surface area contributed by atoms with Crippen LogP contribution in [0.5, 0.6) is 0 Å². The van der Waals surface area contributed by atoms with Crippen LogP contribution in [0, 0.1) is 0 Å². The molecule has 1 aromatic carbocycles. The number of hydrogen-bond acceptors (Lipinski definition) is 3. The fraction of sp³-hybridized carbons (Fsp3) is 0.400. The van der Waals surface area contributed by atoms with Gasteiger partial charge in [-0.15, -0.1) is 0 Å². The fourth-order valence-corrected chi connectivity index (χ4v) is 2.92. The van der Waals surface area contributed by atoms with Crippen molar-refractivity contribution in [1.82, 2.24) is 9.88 Å². The monoisotopic (exact) mass is 273 g/mol. The summed E-state index contributed by atoms with van der Waals surface area (Å²) in [4.78, 5) is 17.2. The molecule has 0 atom stereocenters. The lowest BCUT2D eigenvalue weighted by Gasteiger charge is -2.46. The highest BCUT2D eigenvalue weighted by molar-refractivity contribution is 6.07. The maximum absolute atomic E-state index is 12.5. The number of carbonyl (C=O) groups excluding carboxylic acids is 1. The predicted octanol–water partition coefficient (Wildman–Crippen LogP) is 1.74. The molecule has 5 nitrogen and oxygen atoms in total. The van der Waals surface area contributed by atoms with Crippen LogP contribution < -0.4 is 5.73 Å². The van der Waals surface area contributed by atoms with Crippen LogP contribution in [0.4, 0.5) is 5.69 Å². The molecule has 1 aliphatic heterocycles. The van der Waals surface area contributed by atoms with Crippen LogP contribution in [0.1, 0.15) is 30.1 Å². The summed E-state index contributed by atoms with van der Waals surface area (Å²) in [6, 6.07) is 5.47. The number of carbonyl (C=O) groups is 1. The first-order chi connectivity index (χ1) is 9.52. The van der Waals surface area contributed by atoms with Gasteiger partial charge in [0.2, 0.25) is 0 Å². The molecule has 5 heteroatoms. The Morgan fingerprint density at radius 1 is 1.50 bits per heavy atom. The average Bonchev–Trinajstić information content (AvgIpc) is 2.78. The van der Waals surface area contributed by atoms with Gasteiger partial charge >= 0.3 is 0 Å². The van der Waals surface area contributed by atoms with Crippen molar-refractivity contribution in [2.45, 2.75) is 25.4 Å². The largest absolute Gasteiger partial charge is 0.399 e. The van der Waals surface area contributed by atoms with Gasteiger partial charge in [0.1, 0.15) is 0 Å². The number of H-pyrrole nitrogens is 1. The number of nitrogens with one attached hydrogen (secondary N) is 1. The van der Waals surface area contributed by atoms with E-state index >= 15 is 0 Å².